The van der Waals surface area contributed by atoms with Crippen molar-refractivity contribution in [2.24, 2.45) is 0 Å². The summed E-state index contributed by atoms with van der Waals surface area (Å²) in [5.41, 5.74) is 2.35. The van der Waals surface area contributed by atoms with Gasteiger partial charge < -0.3 is 49.6 Å². The molecule has 0 aliphatic carbocycles. The zero-order valence-electron chi connectivity index (χ0n) is 15.2. The second-order valence-corrected chi connectivity index (χ2v) is 4.63. The monoisotopic (exact) mass is 665 g/mol. The van der Waals surface area contributed by atoms with Gasteiger partial charge in [0.2, 0.25) is 0 Å². The van der Waals surface area contributed by atoms with Crippen LogP contribution in [-0.2, 0) is 0 Å². The molecule has 0 spiro atoms. The molecule has 0 unspecified atom stereocenters. The second kappa shape index (κ2) is 24.7. The van der Waals surface area contributed by atoms with Crippen LogP contribution in [0.4, 0.5) is 0 Å². The molecule has 153 valence electrons. The van der Waals surface area contributed by atoms with Crippen LogP contribution in [0.1, 0.15) is 0 Å². The van der Waals surface area contributed by atoms with Crippen molar-refractivity contribution in [2.45, 2.75) is 0 Å². The molecule has 0 saturated carbocycles. The summed E-state index contributed by atoms with van der Waals surface area (Å²) >= 11 is 0. The molecule has 0 atom stereocenters. The van der Waals surface area contributed by atoms with Gasteiger partial charge in [-0.25, -0.2) is 9.97 Å². The Kier molecular flexibility index (Phi) is 29.9. The van der Waals surface area contributed by atoms with E-state index in [0.717, 1.165) is 0 Å². The van der Waals surface area contributed by atoms with Crippen LogP contribution in [0.5, 0.6) is 0 Å². The van der Waals surface area contributed by atoms with Gasteiger partial charge in [0.1, 0.15) is 0 Å². The molecule has 0 bridgehead atoms. The van der Waals surface area contributed by atoms with Crippen molar-refractivity contribution in [1.82, 2.24) is 9.97 Å². The smallest absolute Gasteiger partial charge is 1.00 e. The van der Waals surface area contributed by atoms with Crippen molar-refractivity contribution in [1.29, 1.82) is 0 Å². The van der Waals surface area contributed by atoms with Crippen LogP contribution in [0.25, 0.3) is 11.1 Å². The third kappa shape index (κ3) is 17.2. The summed E-state index contributed by atoms with van der Waals surface area (Å²) in [7, 11) is 0. The van der Waals surface area contributed by atoms with Crippen molar-refractivity contribution in [2.75, 3.05) is 0 Å². The Morgan fingerprint density at radius 3 is 0.897 bits per heavy atom. The predicted octanol–water partition coefficient (Wildman–Crippen LogP) is -9.22. The zero-order valence-corrected chi connectivity index (χ0v) is 21.7. The number of halogens is 4. The maximum Gasteiger partial charge on any atom is 2.00 e. The average molecular weight is 667 g/mol. The van der Waals surface area contributed by atoms with Gasteiger partial charge in [-0.1, -0.05) is 12.1 Å². The third-order valence-corrected chi connectivity index (χ3v) is 2.91. The van der Waals surface area contributed by atoms with Gasteiger partial charge in [-0.3, -0.25) is 9.97 Å². The Bertz CT molecular complexity index is 649. The number of hydrogen-bond donors (Lipinski definition) is 0. The fraction of sp³-hybridized carbons (Fsp3) is 0. The fourth-order valence-electron chi connectivity index (χ4n) is 1.77. The number of nitrogens with zero attached hydrogens (tertiary/aromatic N) is 2. The van der Waals surface area contributed by atoms with Crippen LogP contribution in [0.3, 0.4) is 0 Å². The molecule has 0 aliphatic rings. The zero-order chi connectivity index (χ0) is 16.7. The van der Waals surface area contributed by atoms with E-state index in [1.54, 1.807) is 24.8 Å². The van der Waals surface area contributed by atoms with Crippen LogP contribution in [0.15, 0.2) is 110 Å². The minimum atomic E-state index is 0. The minimum absolute atomic E-state index is 0. The van der Waals surface area contributed by atoms with Crippen LogP contribution in [-0.4, -0.2) is 36.2 Å². The van der Waals surface area contributed by atoms with Crippen LogP contribution < -0.4 is 59.6 Å². The maximum atomic E-state index is 3.96. The molecule has 29 heavy (non-hydrogen) atoms. The van der Waals surface area contributed by atoms with E-state index in [9.17, 15) is 0 Å². The summed E-state index contributed by atoms with van der Waals surface area (Å²) in [4.78, 5) is 13.7. The molecule has 4 aromatic heterocycles. The summed E-state index contributed by atoms with van der Waals surface area (Å²) < 4.78 is 0. The van der Waals surface area contributed by atoms with E-state index in [-0.39, 0.29) is 75.8 Å². The molecular weight excluding hydrogens is 647 g/mol. The number of hydrogen-bond acceptors (Lipinski definition) is 2. The molecule has 4 heterocycles. The summed E-state index contributed by atoms with van der Waals surface area (Å²) in [6.45, 7) is 0. The molecule has 0 fully saturated rings. The third-order valence-electron chi connectivity index (χ3n) is 2.91. The molecule has 9 heteroatoms. The van der Waals surface area contributed by atoms with Gasteiger partial charge in [0.25, 0.3) is 0 Å². The predicted molar refractivity (Wildman–Crippen MR) is 99.2 cm³/mol. The quantitative estimate of drug-likeness (QED) is 0.190. The SMILES string of the molecule is [Bi+2].[Cl-].[Cl-].[Cl-].[Cl-].c1cc(-c2ccncc2)ccn1.c1cc[nH+]cc1.c1cc[nH+]cc1. The summed E-state index contributed by atoms with van der Waals surface area (Å²) in [6.07, 6.45) is 14.6. The van der Waals surface area contributed by atoms with Crippen molar-refractivity contribution in [3.63, 3.8) is 0 Å². The molecule has 0 aromatic carbocycles. The van der Waals surface area contributed by atoms with Crippen LogP contribution >= 0.6 is 0 Å². The van der Waals surface area contributed by atoms with Gasteiger partial charge in [0, 0.05) is 49.1 Å². The normalized spacial score (nSPS) is 7.31. The van der Waals surface area contributed by atoms with Crippen molar-refractivity contribution >= 4 is 26.2 Å². The van der Waals surface area contributed by atoms with Gasteiger partial charge in [0.05, 0.1) is 0 Å². The fourth-order valence-corrected chi connectivity index (χ4v) is 1.77. The minimum Gasteiger partial charge on any atom is -1.00 e. The van der Waals surface area contributed by atoms with Gasteiger partial charge >= 0.3 is 26.2 Å². The van der Waals surface area contributed by atoms with Gasteiger partial charge in [-0.15, -0.1) is 0 Å². The van der Waals surface area contributed by atoms with Gasteiger partial charge in [-0.05, 0) is 35.4 Å². The number of nitrogens with one attached hydrogen (secondary N) is 2. The molecule has 4 aromatic rings. The largest absolute Gasteiger partial charge is 2.00 e. The Balaban J connectivity index is -0.000000161. The first-order chi connectivity index (χ1) is 12.0. The number of H-pyrrole nitrogens is 2. The Morgan fingerprint density at radius 2 is 0.724 bits per heavy atom. The van der Waals surface area contributed by atoms with E-state index in [0.29, 0.717) is 0 Å². The first-order valence-electron chi connectivity index (χ1n) is 7.59. The van der Waals surface area contributed by atoms with E-state index < -0.39 is 0 Å². The first kappa shape index (κ1) is 35.1. The van der Waals surface area contributed by atoms with Crippen molar-refractivity contribution < 1.29 is 59.6 Å². The van der Waals surface area contributed by atoms with Gasteiger partial charge in [-0.2, -0.15) is 0 Å². The Morgan fingerprint density at radius 1 is 0.448 bits per heavy atom. The molecule has 2 N–H and O–H groups in total. The Labute approximate surface area is 215 Å². The molecule has 3 radical (unpaired) electrons. The molecule has 4 nitrogen and oxygen atoms in total. The molecule has 0 aliphatic heterocycles. The van der Waals surface area contributed by atoms with Crippen molar-refractivity contribution in [3.05, 3.63) is 110 Å². The van der Waals surface area contributed by atoms with Crippen LogP contribution in [0, 0.1) is 0 Å². The van der Waals surface area contributed by atoms with E-state index >= 15 is 0 Å². The molecule has 0 amide bonds. The molecule has 4 rings (SSSR count). The van der Waals surface area contributed by atoms with Gasteiger partial charge in [0.15, 0.2) is 24.8 Å². The number of aromatic nitrogens is 4. The van der Waals surface area contributed by atoms with Crippen LogP contribution in [0.2, 0.25) is 0 Å². The summed E-state index contributed by atoms with van der Waals surface area (Å²) in [5.74, 6) is 0. The summed E-state index contributed by atoms with van der Waals surface area (Å²) in [6, 6.07) is 19.6. The van der Waals surface area contributed by atoms with Crippen molar-refractivity contribution in [3.8, 4) is 11.1 Å². The number of aromatic amines is 2. The topological polar surface area (TPSA) is 54.1 Å². The maximum absolute atomic E-state index is 3.96. The Hall–Kier alpha value is -1.36. The first-order valence-corrected chi connectivity index (χ1v) is 7.59. The van der Waals surface area contributed by atoms with E-state index in [1.807, 2.05) is 85.5 Å². The van der Waals surface area contributed by atoms with E-state index in [4.69, 9.17) is 0 Å². The summed E-state index contributed by atoms with van der Waals surface area (Å²) in [5, 5.41) is 0. The van der Waals surface area contributed by atoms with E-state index in [1.165, 1.54) is 11.1 Å². The second-order valence-electron chi connectivity index (χ2n) is 4.63. The average Bonchev–Trinajstić information content (AvgIpc) is 2.73. The van der Waals surface area contributed by atoms with E-state index in [2.05, 4.69) is 19.9 Å². The standard InChI is InChI=1S/C10H8N2.2C5H5N.Bi.4ClH/c1-5-11-6-2-9(1)10-3-7-12-8-4-10;2*1-2-4-6-5-3-1;;;;;/h1-8H;2*1-5H;;4*1H/q;;;+2;;;;/p-2. The molecular formula is C20H20BiCl4N4. The number of pyridine rings is 4. The molecule has 0 saturated heterocycles. The number of rotatable bonds is 1.